The fraction of sp³-hybridized carbons (Fsp3) is 0.625. The van der Waals surface area contributed by atoms with Gasteiger partial charge in [0.15, 0.2) is 0 Å². The molecule has 0 atom stereocenters. The summed E-state index contributed by atoms with van der Waals surface area (Å²) >= 11 is 1.99. The second-order valence-corrected chi connectivity index (χ2v) is 6.99. The molecule has 0 saturated heterocycles. The third-order valence-corrected chi connectivity index (χ3v) is 4.33. The predicted molar refractivity (Wildman–Crippen MR) is 87.9 cm³/mol. The number of rotatable bonds is 8. The van der Waals surface area contributed by atoms with Crippen molar-refractivity contribution in [3.8, 4) is 0 Å². The summed E-state index contributed by atoms with van der Waals surface area (Å²) in [6, 6.07) is 10.7. The molecule has 0 heterocycles. The molecule has 19 heavy (non-hydrogen) atoms. The highest BCUT2D eigenvalue weighted by molar-refractivity contribution is 7.98. The second kappa shape index (κ2) is 8.62. The molecule has 0 spiro atoms. The Bertz CT molecular complexity index is 332. The van der Waals surface area contributed by atoms with Gasteiger partial charge < -0.3 is 10.2 Å². The molecule has 0 radical (unpaired) electrons. The Hall–Kier alpha value is -0.510. The summed E-state index contributed by atoms with van der Waals surface area (Å²) < 4.78 is 0. The monoisotopic (exact) mass is 280 g/mol. The Balaban J connectivity index is 1.97. The number of hydrogen-bond acceptors (Lipinski definition) is 3. The zero-order chi connectivity index (χ0) is 14.1. The molecule has 2 nitrogen and oxygen atoms in total. The van der Waals surface area contributed by atoms with Gasteiger partial charge in [0.25, 0.3) is 0 Å². The number of nitrogens with one attached hydrogen (secondary N) is 1. The highest BCUT2D eigenvalue weighted by Gasteiger charge is 2.15. The van der Waals surface area contributed by atoms with Crippen molar-refractivity contribution in [2.24, 2.45) is 0 Å². The van der Waals surface area contributed by atoms with Crippen molar-refractivity contribution in [3.63, 3.8) is 0 Å². The Morgan fingerprint density at radius 2 is 1.79 bits per heavy atom. The van der Waals surface area contributed by atoms with Gasteiger partial charge in [0.05, 0.1) is 0 Å². The zero-order valence-corrected chi connectivity index (χ0v) is 13.6. The van der Waals surface area contributed by atoms with E-state index in [1.54, 1.807) is 0 Å². The molecule has 1 N–H and O–H groups in total. The first kappa shape index (κ1) is 16.5. The van der Waals surface area contributed by atoms with Crippen molar-refractivity contribution in [3.05, 3.63) is 35.9 Å². The van der Waals surface area contributed by atoms with Crippen LogP contribution in [0.5, 0.6) is 0 Å². The summed E-state index contributed by atoms with van der Waals surface area (Å²) in [4.78, 5) is 2.39. The number of thioether (sulfide) groups is 1. The van der Waals surface area contributed by atoms with Gasteiger partial charge in [-0.2, -0.15) is 11.8 Å². The standard InChI is InChI=1S/C16H28N2S/c1-16(2,3)18(4)12-10-17-11-13-19-14-15-8-6-5-7-9-15/h5-9,17H,10-14H2,1-4H3. The van der Waals surface area contributed by atoms with E-state index in [1.165, 1.54) is 11.3 Å². The molecule has 0 amide bonds. The molecule has 1 rings (SSSR count). The first-order valence-electron chi connectivity index (χ1n) is 7.04. The fourth-order valence-electron chi connectivity index (χ4n) is 1.62. The lowest BCUT2D eigenvalue weighted by Gasteiger charge is -2.31. The zero-order valence-electron chi connectivity index (χ0n) is 12.8. The molecule has 0 aliphatic heterocycles. The largest absolute Gasteiger partial charge is 0.315 e. The van der Waals surface area contributed by atoms with Crippen LogP contribution in [0.1, 0.15) is 26.3 Å². The van der Waals surface area contributed by atoms with E-state index in [-0.39, 0.29) is 5.54 Å². The van der Waals surface area contributed by atoms with Gasteiger partial charge in [-0.05, 0) is 33.4 Å². The fourth-order valence-corrected chi connectivity index (χ4v) is 2.48. The summed E-state index contributed by atoms with van der Waals surface area (Å²) in [6.07, 6.45) is 0. The number of nitrogens with zero attached hydrogens (tertiary/aromatic N) is 1. The minimum absolute atomic E-state index is 0.268. The summed E-state index contributed by atoms with van der Waals surface area (Å²) in [5, 5.41) is 3.51. The highest BCUT2D eigenvalue weighted by Crippen LogP contribution is 2.11. The third-order valence-electron chi connectivity index (χ3n) is 3.30. The quantitative estimate of drug-likeness (QED) is 0.736. The molecule has 0 fully saturated rings. The third kappa shape index (κ3) is 7.61. The van der Waals surface area contributed by atoms with Gasteiger partial charge in [-0.1, -0.05) is 30.3 Å². The maximum absolute atomic E-state index is 3.51. The van der Waals surface area contributed by atoms with Gasteiger partial charge in [0, 0.05) is 36.7 Å². The van der Waals surface area contributed by atoms with Crippen LogP contribution in [0, 0.1) is 0 Å². The molecular weight excluding hydrogens is 252 g/mol. The van der Waals surface area contributed by atoms with E-state index >= 15 is 0 Å². The molecule has 0 aliphatic rings. The van der Waals surface area contributed by atoms with Gasteiger partial charge in [-0.15, -0.1) is 0 Å². The van der Waals surface area contributed by atoms with Crippen molar-refractivity contribution >= 4 is 11.8 Å². The first-order chi connectivity index (χ1) is 9.00. The highest BCUT2D eigenvalue weighted by atomic mass is 32.2. The Kier molecular flexibility index (Phi) is 7.51. The van der Waals surface area contributed by atoms with Crippen molar-refractivity contribution in [2.45, 2.75) is 32.1 Å². The molecule has 1 aromatic rings. The minimum Gasteiger partial charge on any atom is -0.315 e. The van der Waals surface area contributed by atoms with Crippen LogP contribution >= 0.6 is 11.8 Å². The minimum atomic E-state index is 0.268. The van der Waals surface area contributed by atoms with E-state index in [0.717, 1.165) is 25.4 Å². The lowest BCUT2D eigenvalue weighted by atomic mass is 10.1. The topological polar surface area (TPSA) is 15.3 Å². The number of hydrogen-bond donors (Lipinski definition) is 1. The van der Waals surface area contributed by atoms with Crippen LogP contribution in [-0.4, -0.2) is 42.9 Å². The molecule has 108 valence electrons. The average Bonchev–Trinajstić information content (AvgIpc) is 2.37. The van der Waals surface area contributed by atoms with Crippen LogP contribution in [0.25, 0.3) is 0 Å². The SMILES string of the molecule is CN(CCNCCSCc1ccccc1)C(C)(C)C. The van der Waals surface area contributed by atoms with Crippen LogP contribution in [0.4, 0.5) is 0 Å². The molecule has 0 saturated carbocycles. The average molecular weight is 280 g/mol. The molecule has 0 aliphatic carbocycles. The molecule has 0 unspecified atom stereocenters. The Morgan fingerprint density at radius 1 is 1.11 bits per heavy atom. The lowest BCUT2D eigenvalue weighted by Crippen LogP contribution is -2.42. The van der Waals surface area contributed by atoms with Crippen LogP contribution in [0.2, 0.25) is 0 Å². The van der Waals surface area contributed by atoms with E-state index in [1.807, 2.05) is 11.8 Å². The van der Waals surface area contributed by atoms with Gasteiger partial charge in [-0.25, -0.2) is 0 Å². The summed E-state index contributed by atoms with van der Waals surface area (Å²) in [5.74, 6) is 2.29. The van der Waals surface area contributed by atoms with Crippen molar-refractivity contribution in [1.82, 2.24) is 10.2 Å². The first-order valence-corrected chi connectivity index (χ1v) is 8.19. The normalized spacial score (nSPS) is 12.1. The van der Waals surface area contributed by atoms with Crippen molar-refractivity contribution in [2.75, 3.05) is 32.4 Å². The summed E-state index contributed by atoms with van der Waals surface area (Å²) in [7, 11) is 2.19. The molecule has 3 heteroatoms. The van der Waals surface area contributed by atoms with E-state index in [9.17, 15) is 0 Å². The van der Waals surface area contributed by atoms with Gasteiger partial charge in [0.1, 0.15) is 0 Å². The van der Waals surface area contributed by atoms with Crippen LogP contribution in [0.15, 0.2) is 30.3 Å². The number of likely N-dealkylation sites (N-methyl/N-ethyl adjacent to an activating group) is 1. The van der Waals surface area contributed by atoms with Crippen LogP contribution < -0.4 is 5.32 Å². The van der Waals surface area contributed by atoms with E-state index in [4.69, 9.17) is 0 Å². The van der Waals surface area contributed by atoms with Gasteiger partial charge >= 0.3 is 0 Å². The molecule has 1 aromatic carbocycles. The maximum Gasteiger partial charge on any atom is 0.0185 e. The van der Waals surface area contributed by atoms with Crippen molar-refractivity contribution < 1.29 is 0 Å². The maximum atomic E-state index is 3.51. The van der Waals surface area contributed by atoms with Crippen LogP contribution in [-0.2, 0) is 5.75 Å². The smallest absolute Gasteiger partial charge is 0.0185 e. The van der Waals surface area contributed by atoms with E-state index in [0.29, 0.717) is 0 Å². The van der Waals surface area contributed by atoms with Crippen molar-refractivity contribution in [1.29, 1.82) is 0 Å². The van der Waals surface area contributed by atoms with Gasteiger partial charge in [0.2, 0.25) is 0 Å². The van der Waals surface area contributed by atoms with E-state index in [2.05, 4.69) is 68.4 Å². The van der Waals surface area contributed by atoms with Gasteiger partial charge in [-0.3, -0.25) is 0 Å². The predicted octanol–water partition coefficient (Wildman–Crippen LogP) is 3.24. The molecular formula is C16H28N2S. The summed E-state index contributed by atoms with van der Waals surface area (Å²) in [6.45, 7) is 10.0. The lowest BCUT2D eigenvalue weighted by molar-refractivity contribution is 0.177. The van der Waals surface area contributed by atoms with E-state index < -0.39 is 0 Å². The summed E-state index contributed by atoms with van der Waals surface area (Å²) in [5.41, 5.74) is 1.68. The Labute approximate surface area is 123 Å². The Morgan fingerprint density at radius 3 is 2.42 bits per heavy atom. The van der Waals surface area contributed by atoms with Crippen LogP contribution in [0.3, 0.4) is 0 Å². The molecule has 0 bridgehead atoms. The second-order valence-electron chi connectivity index (χ2n) is 5.88. The molecule has 0 aromatic heterocycles. The number of benzene rings is 1.